The SMILES string of the molecule is C[C@@H]1O[C@@H](OC2C(=O)c3c(O)cc(O)cc3OC2c2ccc(O)c(O)c2)[C@H](O)[C@H](O)[C@H]1O. The van der Waals surface area contributed by atoms with E-state index in [1.54, 1.807) is 0 Å². The average Bonchev–Trinajstić information content (AvgIpc) is 2.73. The summed E-state index contributed by atoms with van der Waals surface area (Å²) in [5.41, 5.74) is -0.1000. The molecule has 32 heavy (non-hydrogen) atoms. The molecule has 1 fully saturated rings. The Balaban J connectivity index is 1.75. The Hall–Kier alpha value is -3.09. The van der Waals surface area contributed by atoms with Gasteiger partial charge in [0.15, 0.2) is 30.0 Å². The number of aliphatic hydroxyl groups excluding tert-OH is 3. The first-order valence-electron chi connectivity index (χ1n) is 9.72. The molecule has 2 aromatic rings. The molecule has 11 nitrogen and oxygen atoms in total. The van der Waals surface area contributed by atoms with E-state index in [2.05, 4.69) is 0 Å². The normalized spacial score (nSPS) is 32.2. The Morgan fingerprint density at radius 1 is 0.875 bits per heavy atom. The predicted octanol–water partition coefficient (Wildman–Crippen LogP) is 0.0381. The number of hydrogen-bond donors (Lipinski definition) is 7. The predicted molar refractivity (Wildman–Crippen MR) is 104 cm³/mol. The molecule has 11 heteroatoms. The fourth-order valence-electron chi connectivity index (χ4n) is 3.77. The largest absolute Gasteiger partial charge is 0.508 e. The molecule has 2 aliphatic heterocycles. The standard InChI is InChI=1S/C21H22O11/c1-7-15(26)17(28)18(29)21(30-7)32-20-16(27)14-12(25)5-9(22)6-13(14)31-19(20)8-2-3-10(23)11(24)4-8/h2-7,15,17-26,28-29H,1H3/t7-,15-,17+,18+,19?,20?,21-/m0/s1. The summed E-state index contributed by atoms with van der Waals surface area (Å²) in [6.07, 6.45) is -10.0. The third-order valence-corrected chi connectivity index (χ3v) is 5.52. The lowest BCUT2D eigenvalue weighted by molar-refractivity contribution is -0.304. The number of Topliss-reactive ketones (excluding diaryl/α,β-unsaturated/α-hetero) is 1. The summed E-state index contributed by atoms with van der Waals surface area (Å²) in [6.45, 7) is 1.44. The van der Waals surface area contributed by atoms with Gasteiger partial charge in [0.1, 0.15) is 41.1 Å². The number of benzene rings is 2. The van der Waals surface area contributed by atoms with Crippen LogP contribution in [0.4, 0.5) is 0 Å². The van der Waals surface area contributed by atoms with Crippen LogP contribution in [0.25, 0.3) is 0 Å². The Labute approximate surface area is 181 Å². The zero-order valence-electron chi connectivity index (χ0n) is 16.7. The first-order valence-corrected chi connectivity index (χ1v) is 9.72. The van der Waals surface area contributed by atoms with Crippen molar-refractivity contribution >= 4 is 5.78 Å². The summed E-state index contributed by atoms with van der Waals surface area (Å²) >= 11 is 0. The van der Waals surface area contributed by atoms with E-state index in [0.717, 1.165) is 18.2 Å². The number of carbonyl (C=O) groups is 1. The van der Waals surface area contributed by atoms with Crippen LogP contribution < -0.4 is 4.74 Å². The Bertz CT molecular complexity index is 1040. The first kappa shape index (κ1) is 22.1. The van der Waals surface area contributed by atoms with E-state index in [4.69, 9.17) is 14.2 Å². The highest BCUT2D eigenvalue weighted by molar-refractivity contribution is 6.05. The van der Waals surface area contributed by atoms with Gasteiger partial charge in [0.05, 0.1) is 6.10 Å². The summed E-state index contributed by atoms with van der Waals surface area (Å²) in [5, 5.41) is 69.7. The van der Waals surface area contributed by atoms with E-state index < -0.39 is 65.9 Å². The number of ether oxygens (including phenoxy) is 3. The highest BCUT2D eigenvalue weighted by atomic mass is 16.7. The van der Waals surface area contributed by atoms with Crippen molar-refractivity contribution in [3.05, 3.63) is 41.5 Å². The zero-order valence-corrected chi connectivity index (χ0v) is 16.7. The highest BCUT2D eigenvalue weighted by Crippen LogP contribution is 2.44. The molecule has 0 aromatic heterocycles. The summed E-state index contributed by atoms with van der Waals surface area (Å²) in [5.74, 6) is -2.79. The number of phenolic OH excluding ortho intramolecular Hbond substituents is 4. The number of fused-ring (bicyclic) bond motifs is 1. The van der Waals surface area contributed by atoms with Crippen LogP contribution >= 0.6 is 0 Å². The second-order valence-corrected chi connectivity index (χ2v) is 7.73. The molecule has 0 amide bonds. The van der Waals surface area contributed by atoms with Crippen molar-refractivity contribution in [2.24, 2.45) is 0 Å². The third kappa shape index (κ3) is 3.70. The van der Waals surface area contributed by atoms with Crippen molar-refractivity contribution in [1.82, 2.24) is 0 Å². The minimum absolute atomic E-state index is 0.154. The van der Waals surface area contributed by atoms with Crippen molar-refractivity contribution in [3.8, 4) is 28.7 Å². The monoisotopic (exact) mass is 450 g/mol. The number of aliphatic hydroxyl groups is 3. The van der Waals surface area contributed by atoms with Gasteiger partial charge in [0, 0.05) is 12.1 Å². The first-order chi connectivity index (χ1) is 15.1. The van der Waals surface area contributed by atoms with Crippen molar-refractivity contribution in [3.63, 3.8) is 0 Å². The van der Waals surface area contributed by atoms with Crippen LogP contribution in [0.2, 0.25) is 0 Å². The minimum atomic E-state index is -1.71. The number of carbonyl (C=O) groups excluding carboxylic acids is 1. The molecule has 7 N–H and O–H groups in total. The van der Waals surface area contributed by atoms with Crippen molar-refractivity contribution in [2.45, 2.75) is 49.8 Å². The Morgan fingerprint density at radius 2 is 1.59 bits per heavy atom. The van der Waals surface area contributed by atoms with Gasteiger partial charge in [-0.1, -0.05) is 6.07 Å². The molecule has 0 bridgehead atoms. The summed E-state index contributed by atoms with van der Waals surface area (Å²) in [6, 6.07) is 5.72. The van der Waals surface area contributed by atoms with Gasteiger partial charge in [-0.25, -0.2) is 0 Å². The van der Waals surface area contributed by atoms with Gasteiger partial charge in [-0.15, -0.1) is 0 Å². The second kappa shape index (κ2) is 8.11. The van der Waals surface area contributed by atoms with Crippen LogP contribution in [0.1, 0.15) is 28.9 Å². The van der Waals surface area contributed by atoms with Gasteiger partial charge in [-0.3, -0.25) is 4.79 Å². The molecule has 0 radical (unpaired) electrons. The topological polar surface area (TPSA) is 186 Å². The number of ketones is 1. The average molecular weight is 450 g/mol. The number of aromatic hydroxyl groups is 4. The minimum Gasteiger partial charge on any atom is -0.508 e. The number of phenols is 4. The van der Waals surface area contributed by atoms with Crippen molar-refractivity contribution in [2.75, 3.05) is 0 Å². The van der Waals surface area contributed by atoms with Crippen LogP contribution in [-0.4, -0.2) is 78.3 Å². The van der Waals surface area contributed by atoms with E-state index in [1.807, 2.05) is 0 Å². The third-order valence-electron chi connectivity index (χ3n) is 5.52. The van der Waals surface area contributed by atoms with Gasteiger partial charge in [-0.2, -0.15) is 0 Å². The molecule has 0 aliphatic carbocycles. The summed E-state index contributed by atoms with van der Waals surface area (Å²) in [4.78, 5) is 13.3. The maximum absolute atomic E-state index is 13.3. The lowest BCUT2D eigenvalue weighted by Gasteiger charge is -2.42. The molecular weight excluding hydrogens is 428 g/mol. The van der Waals surface area contributed by atoms with Gasteiger partial charge < -0.3 is 50.0 Å². The summed E-state index contributed by atoms with van der Waals surface area (Å²) < 4.78 is 16.9. The van der Waals surface area contributed by atoms with Crippen LogP contribution in [-0.2, 0) is 9.47 Å². The van der Waals surface area contributed by atoms with E-state index in [1.165, 1.54) is 19.1 Å². The molecular formula is C21H22O11. The van der Waals surface area contributed by atoms with Gasteiger partial charge in [-0.05, 0) is 24.6 Å². The van der Waals surface area contributed by atoms with Gasteiger partial charge >= 0.3 is 0 Å². The zero-order chi connectivity index (χ0) is 23.3. The Morgan fingerprint density at radius 3 is 2.28 bits per heavy atom. The maximum atomic E-state index is 13.3. The van der Waals surface area contributed by atoms with Crippen LogP contribution in [0, 0.1) is 0 Å². The lowest BCUT2D eigenvalue weighted by Crippen LogP contribution is -2.59. The Kier molecular flexibility index (Phi) is 5.61. The van der Waals surface area contributed by atoms with Crippen LogP contribution in [0.3, 0.4) is 0 Å². The fraction of sp³-hybridized carbons (Fsp3) is 0.381. The number of hydrogen-bond acceptors (Lipinski definition) is 11. The smallest absolute Gasteiger partial charge is 0.203 e. The molecule has 2 unspecified atom stereocenters. The van der Waals surface area contributed by atoms with Crippen molar-refractivity contribution < 1.29 is 54.8 Å². The van der Waals surface area contributed by atoms with E-state index in [0.29, 0.717) is 0 Å². The maximum Gasteiger partial charge on any atom is 0.203 e. The molecule has 1 saturated heterocycles. The van der Waals surface area contributed by atoms with Crippen LogP contribution in [0.15, 0.2) is 30.3 Å². The molecule has 2 aromatic carbocycles. The highest BCUT2D eigenvalue weighted by Gasteiger charge is 2.48. The molecule has 172 valence electrons. The van der Waals surface area contributed by atoms with E-state index in [9.17, 15) is 40.5 Å². The quantitative estimate of drug-likeness (QED) is 0.313. The molecule has 2 heterocycles. The van der Waals surface area contributed by atoms with E-state index >= 15 is 0 Å². The fourth-order valence-corrected chi connectivity index (χ4v) is 3.77. The lowest BCUT2D eigenvalue weighted by atomic mass is 9.92. The van der Waals surface area contributed by atoms with E-state index in [-0.39, 0.29) is 22.6 Å². The van der Waals surface area contributed by atoms with Crippen molar-refractivity contribution in [1.29, 1.82) is 0 Å². The molecule has 2 aliphatic rings. The van der Waals surface area contributed by atoms with Crippen LogP contribution in [0.5, 0.6) is 28.7 Å². The molecule has 7 atom stereocenters. The number of rotatable bonds is 3. The summed E-state index contributed by atoms with van der Waals surface area (Å²) in [7, 11) is 0. The molecule has 4 rings (SSSR count). The van der Waals surface area contributed by atoms with Gasteiger partial charge in [0.25, 0.3) is 0 Å². The molecule has 0 spiro atoms. The second-order valence-electron chi connectivity index (χ2n) is 7.73. The van der Waals surface area contributed by atoms with Gasteiger partial charge in [0.2, 0.25) is 5.78 Å². The molecule has 0 saturated carbocycles.